The van der Waals surface area contributed by atoms with Gasteiger partial charge in [0, 0.05) is 29.8 Å². The highest BCUT2D eigenvalue weighted by Gasteiger charge is 2.38. The zero-order chi connectivity index (χ0) is 23.1. The number of carbonyl (C=O) groups excluding carboxylic acids is 3. The lowest BCUT2D eigenvalue weighted by Gasteiger charge is -2.20. The zero-order valence-corrected chi connectivity index (χ0v) is 17.8. The Kier molecular flexibility index (Phi) is 5.08. The average Bonchev–Trinajstić information content (AvgIpc) is 3.25. The number of hydrogen-bond donors (Lipinski definition) is 2. The van der Waals surface area contributed by atoms with E-state index in [-0.39, 0.29) is 18.4 Å². The maximum Gasteiger partial charge on any atom is 0.336 e. The number of fused-ring (bicyclic) bond motifs is 3. The molecule has 0 saturated carbocycles. The number of benzene rings is 2. The van der Waals surface area contributed by atoms with Gasteiger partial charge in [-0.3, -0.25) is 14.4 Å². The first-order valence-electron chi connectivity index (χ1n) is 10.6. The van der Waals surface area contributed by atoms with Gasteiger partial charge in [-0.1, -0.05) is 0 Å². The zero-order valence-electron chi connectivity index (χ0n) is 17.8. The fourth-order valence-corrected chi connectivity index (χ4v) is 4.30. The molecule has 0 aliphatic carbocycles. The molecule has 3 heterocycles. The predicted molar refractivity (Wildman–Crippen MR) is 120 cm³/mol. The van der Waals surface area contributed by atoms with Crippen LogP contribution in [0.4, 0.5) is 11.4 Å². The second-order valence-corrected chi connectivity index (χ2v) is 8.15. The summed E-state index contributed by atoms with van der Waals surface area (Å²) in [5.74, 6) is -0.464. The Bertz CT molecular complexity index is 1360. The van der Waals surface area contributed by atoms with E-state index in [4.69, 9.17) is 9.15 Å². The van der Waals surface area contributed by atoms with Crippen LogP contribution in [0.15, 0.2) is 51.7 Å². The number of carbonyl (C=O) groups is 3. The first-order valence-corrected chi connectivity index (χ1v) is 10.6. The largest absolute Gasteiger partial charge is 0.484 e. The van der Waals surface area contributed by atoms with E-state index in [0.717, 1.165) is 17.4 Å². The third kappa shape index (κ3) is 3.93. The number of aryl methyl sites for hydroxylation is 1. The monoisotopic (exact) mass is 447 g/mol. The van der Waals surface area contributed by atoms with Crippen LogP contribution in [0.5, 0.6) is 5.75 Å². The van der Waals surface area contributed by atoms with Gasteiger partial charge in [0.25, 0.3) is 11.8 Å². The fraction of sp³-hybridized carbons (Fsp3) is 0.250. The minimum absolute atomic E-state index is 0.189. The van der Waals surface area contributed by atoms with Crippen LogP contribution in [0.25, 0.3) is 11.0 Å². The molecule has 1 aromatic heterocycles. The molecule has 0 bridgehead atoms. The van der Waals surface area contributed by atoms with Crippen LogP contribution in [0.2, 0.25) is 0 Å². The summed E-state index contributed by atoms with van der Waals surface area (Å²) < 4.78 is 10.7. The lowest BCUT2D eigenvalue weighted by Crippen LogP contribution is -2.40. The third-order valence-corrected chi connectivity index (χ3v) is 5.90. The van der Waals surface area contributed by atoms with E-state index < -0.39 is 17.6 Å². The quantitative estimate of drug-likeness (QED) is 0.594. The molecule has 1 unspecified atom stereocenters. The van der Waals surface area contributed by atoms with E-state index in [1.54, 1.807) is 41.3 Å². The first-order chi connectivity index (χ1) is 15.9. The summed E-state index contributed by atoms with van der Waals surface area (Å²) in [4.78, 5) is 50.9. The molecular weight excluding hydrogens is 426 g/mol. The normalized spacial score (nSPS) is 17.2. The standard InChI is InChI=1S/C24H21N3O6/c1-13-9-22(29)33-20-11-15(5-6-16(13)20)32-12-21(28)25-14-4-7-18-17(10-14)24(31)27-8-2-3-19(27)23(30)26-18/h4-7,9-11,19H,2-3,8,12H2,1H3,(H,25,28)(H,26,30). The van der Waals surface area contributed by atoms with Crippen molar-refractivity contribution in [2.24, 2.45) is 0 Å². The van der Waals surface area contributed by atoms with Gasteiger partial charge in [-0.05, 0) is 55.7 Å². The van der Waals surface area contributed by atoms with Crippen LogP contribution in [-0.2, 0) is 9.59 Å². The smallest absolute Gasteiger partial charge is 0.336 e. The predicted octanol–water partition coefficient (Wildman–Crippen LogP) is 2.68. The van der Waals surface area contributed by atoms with Crippen LogP contribution in [0.3, 0.4) is 0 Å². The van der Waals surface area contributed by atoms with Crippen molar-refractivity contribution in [3.05, 3.63) is 64.0 Å². The molecule has 2 aliphatic rings. The maximum atomic E-state index is 12.9. The summed E-state index contributed by atoms with van der Waals surface area (Å²) in [5.41, 5.74) is 1.91. The van der Waals surface area contributed by atoms with Crippen LogP contribution in [0.1, 0.15) is 28.8 Å². The summed E-state index contributed by atoms with van der Waals surface area (Å²) in [6.45, 7) is 2.07. The van der Waals surface area contributed by atoms with Gasteiger partial charge in [0.1, 0.15) is 17.4 Å². The maximum absolute atomic E-state index is 12.9. The molecule has 33 heavy (non-hydrogen) atoms. The second-order valence-electron chi connectivity index (χ2n) is 8.15. The number of anilines is 2. The van der Waals surface area contributed by atoms with Crippen LogP contribution in [-0.4, -0.2) is 41.8 Å². The molecule has 2 N–H and O–H groups in total. The number of amides is 3. The van der Waals surface area contributed by atoms with Gasteiger partial charge in [0.15, 0.2) is 6.61 Å². The number of rotatable bonds is 4. The highest BCUT2D eigenvalue weighted by molar-refractivity contribution is 6.11. The van der Waals surface area contributed by atoms with Crippen molar-refractivity contribution < 1.29 is 23.5 Å². The van der Waals surface area contributed by atoms with Gasteiger partial charge in [0.2, 0.25) is 5.91 Å². The number of ether oxygens (including phenoxy) is 1. The van der Waals surface area contributed by atoms with Crippen molar-refractivity contribution in [1.29, 1.82) is 0 Å². The van der Waals surface area contributed by atoms with Crippen molar-refractivity contribution in [3.8, 4) is 5.75 Å². The lowest BCUT2D eigenvalue weighted by molar-refractivity contribution is -0.119. The number of hydrogen-bond acceptors (Lipinski definition) is 6. The number of nitrogens with one attached hydrogen (secondary N) is 2. The summed E-state index contributed by atoms with van der Waals surface area (Å²) in [6.07, 6.45) is 1.43. The molecule has 9 nitrogen and oxygen atoms in total. The van der Waals surface area contributed by atoms with Gasteiger partial charge >= 0.3 is 5.63 Å². The van der Waals surface area contributed by atoms with Gasteiger partial charge in [-0.25, -0.2) is 4.79 Å². The molecule has 1 fully saturated rings. The van der Waals surface area contributed by atoms with Crippen molar-refractivity contribution >= 4 is 40.1 Å². The Morgan fingerprint density at radius 2 is 2.03 bits per heavy atom. The summed E-state index contributed by atoms with van der Waals surface area (Å²) >= 11 is 0. The highest BCUT2D eigenvalue weighted by atomic mass is 16.5. The molecule has 0 spiro atoms. The van der Waals surface area contributed by atoms with E-state index in [1.165, 1.54) is 6.07 Å². The molecular formula is C24H21N3O6. The molecule has 3 amide bonds. The Hall–Kier alpha value is -4.14. The second kappa shape index (κ2) is 8.09. The van der Waals surface area contributed by atoms with Crippen molar-refractivity contribution in [2.75, 3.05) is 23.8 Å². The molecule has 5 rings (SSSR count). The first kappa shape index (κ1) is 20.7. The third-order valence-electron chi connectivity index (χ3n) is 5.90. The van der Waals surface area contributed by atoms with Gasteiger partial charge < -0.3 is 24.7 Å². The molecule has 9 heteroatoms. The van der Waals surface area contributed by atoms with E-state index in [0.29, 0.717) is 41.2 Å². The van der Waals surface area contributed by atoms with Gasteiger partial charge in [-0.2, -0.15) is 0 Å². The van der Waals surface area contributed by atoms with Gasteiger partial charge in [0.05, 0.1) is 11.3 Å². The van der Waals surface area contributed by atoms with Crippen LogP contribution >= 0.6 is 0 Å². The van der Waals surface area contributed by atoms with Gasteiger partial charge in [-0.15, -0.1) is 0 Å². The van der Waals surface area contributed by atoms with Crippen molar-refractivity contribution in [1.82, 2.24) is 4.90 Å². The molecule has 168 valence electrons. The molecule has 1 saturated heterocycles. The minimum Gasteiger partial charge on any atom is -0.484 e. The summed E-state index contributed by atoms with van der Waals surface area (Å²) in [6, 6.07) is 10.8. The average molecular weight is 447 g/mol. The van der Waals surface area contributed by atoms with Crippen LogP contribution < -0.4 is 21.0 Å². The van der Waals surface area contributed by atoms with E-state index in [9.17, 15) is 19.2 Å². The summed E-state index contributed by atoms with van der Waals surface area (Å²) in [5, 5.41) is 6.30. The molecule has 3 aromatic rings. The Morgan fingerprint density at radius 1 is 1.18 bits per heavy atom. The lowest BCUT2D eigenvalue weighted by atomic mass is 10.1. The van der Waals surface area contributed by atoms with Crippen molar-refractivity contribution in [3.63, 3.8) is 0 Å². The topological polar surface area (TPSA) is 118 Å². The summed E-state index contributed by atoms with van der Waals surface area (Å²) in [7, 11) is 0. The van der Waals surface area contributed by atoms with Crippen molar-refractivity contribution in [2.45, 2.75) is 25.8 Å². The van der Waals surface area contributed by atoms with Crippen LogP contribution in [0, 0.1) is 6.92 Å². The van der Waals surface area contributed by atoms with E-state index >= 15 is 0 Å². The Labute approximate surface area is 188 Å². The van der Waals surface area contributed by atoms with E-state index in [1.807, 2.05) is 6.92 Å². The molecule has 2 aromatic carbocycles. The molecule has 0 radical (unpaired) electrons. The molecule has 2 aliphatic heterocycles. The SMILES string of the molecule is Cc1cc(=O)oc2cc(OCC(=O)Nc3ccc4c(c3)C(=O)N3CCCC3C(=O)N4)ccc12. The Balaban J connectivity index is 1.29. The highest BCUT2D eigenvalue weighted by Crippen LogP contribution is 2.30. The molecule has 1 atom stereocenters. The van der Waals surface area contributed by atoms with E-state index in [2.05, 4.69) is 10.6 Å². The Morgan fingerprint density at radius 3 is 2.88 bits per heavy atom. The number of nitrogens with zero attached hydrogens (tertiary/aromatic N) is 1. The fourth-order valence-electron chi connectivity index (χ4n) is 4.30. The minimum atomic E-state index is -0.455.